The summed E-state index contributed by atoms with van der Waals surface area (Å²) in [6.45, 7) is 8.37. The maximum atomic E-state index is 13.6. The predicted molar refractivity (Wildman–Crippen MR) is 155 cm³/mol. The van der Waals surface area contributed by atoms with Crippen LogP contribution in [0.3, 0.4) is 0 Å². The van der Waals surface area contributed by atoms with E-state index in [4.69, 9.17) is 14.8 Å². The Morgan fingerprint density at radius 3 is 2.85 bits per heavy atom. The van der Waals surface area contributed by atoms with Crippen LogP contribution in [0.15, 0.2) is 84.4 Å². The minimum Gasteiger partial charge on any atom is -0.473 e. The zero-order chi connectivity index (χ0) is 27.2. The molecule has 0 spiro atoms. The van der Waals surface area contributed by atoms with Crippen LogP contribution in [0.4, 0.5) is 5.69 Å². The first-order chi connectivity index (χ1) is 19.1. The van der Waals surface area contributed by atoms with Crippen LogP contribution in [0.5, 0.6) is 5.88 Å². The summed E-state index contributed by atoms with van der Waals surface area (Å²) < 4.78 is 8.03. The molecule has 1 amide bonds. The van der Waals surface area contributed by atoms with Gasteiger partial charge < -0.3 is 20.3 Å². The van der Waals surface area contributed by atoms with Gasteiger partial charge in [0.1, 0.15) is 11.8 Å². The van der Waals surface area contributed by atoms with E-state index >= 15 is 0 Å². The Morgan fingerprint density at radius 1 is 1.21 bits per heavy atom. The third kappa shape index (κ3) is 5.81. The second-order valence-corrected chi connectivity index (χ2v) is 9.59. The monoisotopic (exact) mass is 524 g/mol. The molecule has 1 unspecified atom stereocenters. The van der Waals surface area contributed by atoms with Gasteiger partial charge in [-0.3, -0.25) is 9.48 Å². The second-order valence-electron chi connectivity index (χ2n) is 9.59. The smallest absolute Gasteiger partial charge is 0.272 e. The number of anilines is 1. The molecule has 1 saturated heterocycles. The Kier molecular flexibility index (Phi) is 8.22. The first kappa shape index (κ1) is 26.4. The number of hydrogen-bond donors (Lipinski definition) is 2. The summed E-state index contributed by atoms with van der Waals surface area (Å²) in [5, 5.41) is 12.4. The van der Waals surface area contributed by atoms with Crippen LogP contribution in [-0.2, 0) is 17.8 Å². The van der Waals surface area contributed by atoms with Gasteiger partial charge in [0.15, 0.2) is 0 Å². The first-order valence-corrected chi connectivity index (χ1v) is 13.7. The average Bonchev–Trinajstić information content (AvgIpc) is 3.59. The molecule has 5 rings (SSSR count). The summed E-state index contributed by atoms with van der Waals surface area (Å²) in [6.07, 6.45) is 14.5. The van der Waals surface area contributed by atoms with Crippen molar-refractivity contribution >= 4 is 22.5 Å². The van der Waals surface area contributed by atoms with Crippen molar-refractivity contribution in [2.75, 3.05) is 18.4 Å². The van der Waals surface area contributed by atoms with Gasteiger partial charge in [-0.2, -0.15) is 5.10 Å². The highest BCUT2D eigenvalue weighted by atomic mass is 16.5. The molecule has 0 saturated carbocycles. The lowest BCUT2D eigenvalue weighted by Crippen LogP contribution is -2.27. The van der Waals surface area contributed by atoms with Crippen LogP contribution in [0, 0.1) is 0 Å². The van der Waals surface area contributed by atoms with E-state index in [2.05, 4.69) is 30.6 Å². The molecule has 202 valence electrons. The molecule has 2 N–H and O–H groups in total. The van der Waals surface area contributed by atoms with Crippen molar-refractivity contribution in [1.29, 1.82) is 0 Å². The van der Waals surface area contributed by atoms with Gasteiger partial charge in [0, 0.05) is 29.9 Å². The van der Waals surface area contributed by atoms with Gasteiger partial charge in [-0.05, 0) is 63.1 Å². The predicted octanol–water partition coefficient (Wildman–Crippen LogP) is 5.30. The Balaban J connectivity index is 1.41. The average molecular weight is 525 g/mol. The molecular formula is C31H36N6O2. The van der Waals surface area contributed by atoms with Crippen LogP contribution in [0.1, 0.15) is 45.0 Å². The third-order valence-electron chi connectivity index (χ3n) is 6.90. The molecule has 0 radical (unpaired) electrons. The maximum absolute atomic E-state index is 13.6. The van der Waals surface area contributed by atoms with Crippen molar-refractivity contribution in [3.05, 3.63) is 95.8 Å². The number of carbonyl (C=O) groups excluding carboxylic acids is 1. The van der Waals surface area contributed by atoms with Crippen molar-refractivity contribution in [2.45, 2.75) is 52.7 Å². The minimum absolute atomic E-state index is 0.156. The number of pyridine rings is 1. The van der Waals surface area contributed by atoms with Crippen LogP contribution >= 0.6 is 0 Å². The van der Waals surface area contributed by atoms with E-state index in [1.807, 2.05) is 83.4 Å². The summed E-state index contributed by atoms with van der Waals surface area (Å²) >= 11 is 0. The van der Waals surface area contributed by atoms with Gasteiger partial charge in [-0.15, -0.1) is 0 Å². The third-order valence-corrected chi connectivity index (χ3v) is 6.90. The number of aryl methyl sites for hydroxylation is 1. The van der Waals surface area contributed by atoms with Crippen molar-refractivity contribution in [3.63, 3.8) is 0 Å². The van der Waals surface area contributed by atoms with Gasteiger partial charge in [-0.1, -0.05) is 44.2 Å². The number of nitrogens with zero attached hydrogens (tertiary/aromatic N) is 4. The molecule has 8 heteroatoms. The molecule has 0 bridgehead atoms. The molecule has 1 fully saturated rings. The normalized spacial score (nSPS) is 18.3. The quantitative estimate of drug-likeness (QED) is 0.370. The van der Waals surface area contributed by atoms with E-state index in [-0.39, 0.29) is 12.0 Å². The number of carbonyl (C=O) groups is 1. The molecule has 1 atom stereocenters. The maximum Gasteiger partial charge on any atom is 0.272 e. The van der Waals surface area contributed by atoms with Gasteiger partial charge in [0.2, 0.25) is 5.88 Å². The van der Waals surface area contributed by atoms with Gasteiger partial charge in [0.25, 0.3) is 5.91 Å². The van der Waals surface area contributed by atoms with Crippen molar-refractivity contribution in [2.24, 2.45) is 0 Å². The summed E-state index contributed by atoms with van der Waals surface area (Å²) in [5.41, 5.74) is 5.04. The lowest BCUT2D eigenvalue weighted by atomic mass is 10.1. The fraction of sp³-hybridized carbons (Fsp3) is 0.323. The standard InChI is InChI=1S/C31H36N6O2/c1-4-11-23-13-7-8-19-36(23)27(6-3)31(38)34-26-14-10-15-28-30(26)25(5-2)35-37(28)21-22-12-9-16-29(33-22)39-24-17-18-32-20-24/h6-16,19,24,32H,4-5,17-18,20-21H2,1-3H3,(H,34,38). The summed E-state index contributed by atoms with van der Waals surface area (Å²) in [7, 11) is 0. The number of aromatic nitrogens is 3. The highest BCUT2D eigenvalue weighted by Crippen LogP contribution is 2.29. The van der Waals surface area contributed by atoms with E-state index < -0.39 is 0 Å². The molecule has 2 aliphatic rings. The fourth-order valence-electron chi connectivity index (χ4n) is 5.06. The number of hydrogen-bond acceptors (Lipinski definition) is 6. The number of ether oxygens (including phenoxy) is 1. The van der Waals surface area contributed by atoms with E-state index in [0.717, 1.165) is 66.0 Å². The number of nitrogens with one attached hydrogen (secondary N) is 2. The molecular weight excluding hydrogens is 488 g/mol. The fourth-order valence-corrected chi connectivity index (χ4v) is 5.06. The van der Waals surface area contributed by atoms with Crippen LogP contribution < -0.4 is 15.4 Å². The first-order valence-electron chi connectivity index (χ1n) is 13.7. The Bertz CT molecular complexity index is 1460. The molecule has 8 nitrogen and oxygen atoms in total. The van der Waals surface area contributed by atoms with E-state index in [1.165, 1.54) is 0 Å². The highest BCUT2D eigenvalue weighted by Gasteiger charge is 2.21. The van der Waals surface area contributed by atoms with Crippen molar-refractivity contribution in [1.82, 2.24) is 25.0 Å². The summed E-state index contributed by atoms with van der Waals surface area (Å²) in [5.74, 6) is 0.466. The second kappa shape index (κ2) is 12.1. The van der Waals surface area contributed by atoms with Gasteiger partial charge >= 0.3 is 0 Å². The van der Waals surface area contributed by atoms with Gasteiger partial charge in [-0.25, -0.2) is 4.98 Å². The molecule has 3 aromatic rings. The number of fused-ring (bicyclic) bond motifs is 1. The number of benzene rings is 1. The van der Waals surface area contributed by atoms with E-state index in [9.17, 15) is 4.79 Å². The van der Waals surface area contributed by atoms with Crippen LogP contribution in [0.2, 0.25) is 0 Å². The largest absolute Gasteiger partial charge is 0.473 e. The van der Waals surface area contributed by atoms with Crippen molar-refractivity contribution in [3.8, 4) is 5.88 Å². The molecule has 4 heterocycles. The molecule has 39 heavy (non-hydrogen) atoms. The zero-order valence-electron chi connectivity index (χ0n) is 22.9. The minimum atomic E-state index is -0.172. The van der Waals surface area contributed by atoms with Crippen molar-refractivity contribution < 1.29 is 9.53 Å². The summed E-state index contributed by atoms with van der Waals surface area (Å²) in [6, 6.07) is 11.8. The number of rotatable bonds is 9. The molecule has 2 aliphatic heterocycles. The topological polar surface area (TPSA) is 84.3 Å². The van der Waals surface area contributed by atoms with Crippen LogP contribution in [-0.4, -0.2) is 44.8 Å². The molecule has 2 aromatic heterocycles. The Labute approximate surface area is 229 Å². The van der Waals surface area contributed by atoms with E-state index in [0.29, 0.717) is 18.1 Å². The highest BCUT2D eigenvalue weighted by molar-refractivity contribution is 6.09. The lowest BCUT2D eigenvalue weighted by molar-refractivity contribution is -0.113. The summed E-state index contributed by atoms with van der Waals surface area (Å²) in [4.78, 5) is 20.2. The Hall–Kier alpha value is -4.17. The number of allylic oxidation sites excluding steroid dienone is 5. The van der Waals surface area contributed by atoms with Gasteiger partial charge in [0.05, 0.1) is 29.1 Å². The number of amides is 1. The molecule has 1 aromatic carbocycles. The lowest BCUT2D eigenvalue weighted by Gasteiger charge is -2.26. The van der Waals surface area contributed by atoms with E-state index in [1.54, 1.807) is 0 Å². The SMILES string of the molecule is CC=C(C(=O)Nc1cccc2c1c(CC)nn2Cc1cccc(OC2CCNC2)n1)N1C=CC=CC1=CCC. The Morgan fingerprint density at radius 2 is 2.08 bits per heavy atom. The van der Waals surface area contributed by atoms with Crippen LogP contribution in [0.25, 0.3) is 10.9 Å². The zero-order valence-corrected chi connectivity index (χ0v) is 22.9. The molecule has 0 aliphatic carbocycles.